The van der Waals surface area contributed by atoms with E-state index in [-0.39, 0.29) is 11.5 Å². The summed E-state index contributed by atoms with van der Waals surface area (Å²) in [4.78, 5) is 2.20. The van der Waals surface area contributed by atoms with Gasteiger partial charge in [0.25, 0.3) is 0 Å². The summed E-state index contributed by atoms with van der Waals surface area (Å²) in [5.41, 5.74) is 0.293. The maximum atomic E-state index is 8.98. The fraction of sp³-hybridized carbons (Fsp3) is 0. The zero-order valence-electron chi connectivity index (χ0n) is 5.00. The van der Waals surface area contributed by atoms with Gasteiger partial charge in [-0.3, -0.25) is 4.84 Å². The van der Waals surface area contributed by atoms with Crippen LogP contribution in [0.3, 0.4) is 0 Å². The second-order valence-corrected chi connectivity index (χ2v) is 1.98. The van der Waals surface area contributed by atoms with Gasteiger partial charge in [-0.15, -0.1) is 0 Å². The van der Waals surface area contributed by atoms with Crippen molar-refractivity contribution in [2.24, 2.45) is 0 Å². The van der Waals surface area contributed by atoms with Gasteiger partial charge in [0.2, 0.25) is 0 Å². The molecule has 4 heteroatoms. The molecular formula is C6H6ClNO2. The van der Waals surface area contributed by atoms with Gasteiger partial charge >= 0.3 is 0 Å². The van der Waals surface area contributed by atoms with E-state index in [0.29, 0.717) is 5.69 Å². The van der Waals surface area contributed by atoms with E-state index in [0.717, 1.165) is 0 Å². The molecule has 0 saturated carbocycles. The van der Waals surface area contributed by atoms with E-state index >= 15 is 0 Å². The highest BCUT2D eigenvalue weighted by atomic mass is 35.5. The lowest BCUT2D eigenvalue weighted by molar-refractivity contribution is 0.462. The minimum Gasteiger partial charge on any atom is -0.508 e. The number of phenolic OH excluding ortho intramolecular Hbond substituents is 2. The molecule has 0 fully saturated rings. The number of benzene rings is 1. The molecule has 0 saturated heterocycles. The van der Waals surface area contributed by atoms with E-state index in [1.54, 1.807) is 0 Å². The summed E-state index contributed by atoms with van der Waals surface area (Å²) in [5.74, 6) is 0.0637. The van der Waals surface area contributed by atoms with Crippen LogP contribution in [0.4, 0.5) is 5.69 Å². The molecule has 54 valence electrons. The van der Waals surface area contributed by atoms with Gasteiger partial charge in [-0.25, -0.2) is 0 Å². The second-order valence-electron chi connectivity index (χ2n) is 1.80. The quantitative estimate of drug-likeness (QED) is 0.332. The Morgan fingerprint density at radius 3 is 2.50 bits per heavy atom. The van der Waals surface area contributed by atoms with Gasteiger partial charge in [0.1, 0.15) is 11.5 Å². The molecule has 0 unspecified atom stereocenters. The average Bonchev–Trinajstić information content (AvgIpc) is 1.94. The number of anilines is 1. The van der Waals surface area contributed by atoms with Crippen LogP contribution < -0.4 is 4.84 Å². The van der Waals surface area contributed by atoms with Gasteiger partial charge in [0.15, 0.2) is 0 Å². The summed E-state index contributed by atoms with van der Waals surface area (Å²) in [6.45, 7) is 0. The van der Waals surface area contributed by atoms with Crippen molar-refractivity contribution in [2.45, 2.75) is 0 Å². The molecule has 1 aromatic carbocycles. The number of hydrogen-bond donors (Lipinski definition) is 3. The van der Waals surface area contributed by atoms with Crippen molar-refractivity contribution >= 4 is 17.5 Å². The Kier molecular flexibility index (Phi) is 1.87. The lowest BCUT2D eigenvalue weighted by atomic mass is 10.3. The summed E-state index contributed by atoms with van der Waals surface area (Å²) in [7, 11) is 0. The van der Waals surface area contributed by atoms with Crippen LogP contribution in [-0.2, 0) is 0 Å². The molecule has 0 aromatic heterocycles. The van der Waals surface area contributed by atoms with E-state index in [9.17, 15) is 0 Å². The number of rotatable bonds is 1. The summed E-state index contributed by atoms with van der Waals surface area (Å²) in [6.07, 6.45) is 0. The molecular weight excluding hydrogens is 154 g/mol. The lowest BCUT2D eigenvalue weighted by Crippen LogP contribution is -1.79. The van der Waals surface area contributed by atoms with Crippen molar-refractivity contribution < 1.29 is 10.2 Å². The fourth-order valence-electron chi connectivity index (χ4n) is 0.600. The predicted molar refractivity (Wildman–Crippen MR) is 39.2 cm³/mol. The van der Waals surface area contributed by atoms with E-state index in [4.69, 9.17) is 22.0 Å². The molecule has 0 atom stereocenters. The molecule has 0 aliphatic heterocycles. The van der Waals surface area contributed by atoms with E-state index in [1.807, 2.05) is 0 Å². The van der Waals surface area contributed by atoms with E-state index in [2.05, 4.69) is 4.84 Å². The van der Waals surface area contributed by atoms with Gasteiger partial charge in [-0.2, -0.15) is 0 Å². The molecule has 0 heterocycles. The highest BCUT2D eigenvalue weighted by Gasteiger charge is 1.98. The summed E-state index contributed by atoms with van der Waals surface area (Å²) in [5, 5.41) is 17.8. The fourth-order valence-corrected chi connectivity index (χ4v) is 0.751. The van der Waals surface area contributed by atoms with Crippen molar-refractivity contribution in [1.29, 1.82) is 0 Å². The second kappa shape index (κ2) is 2.66. The molecule has 0 aliphatic carbocycles. The van der Waals surface area contributed by atoms with Crippen LogP contribution in [-0.4, -0.2) is 10.2 Å². The van der Waals surface area contributed by atoms with Crippen molar-refractivity contribution in [1.82, 2.24) is 0 Å². The number of halogens is 1. The average molecular weight is 160 g/mol. The minimum absolute atomic E-state index is 0.00722. The van der Waals surface area contributed by atoms with Gasteiger partial charge in [0, 0.05) is 17.8 Å². The maximum Gasteiger partial charge on any atom is 0.140 e. The first-order valence-electron chi connectivity index (χ1n) is 2.62. The highest BCUT2D eigenvalue weighted by molar-refractivity contribution is 6.24. The normalized spacial score (nSPS) is 9.30. The van der Waals surface area contributed by atoms with Crippen LogP contribution in [0, 0.1) is 0 Å². The predicted octanol–water partition coefficient (Wildman–Crippen LogP) is 1.66. The summed E-state index contributed by atoms with van der Waals surface area (Å²) < 4.78 is 0. The van der Waals surface area contributed by atoms with Gasteiger partial charge in [-0.05, 0) is 12.1 Å². The Labute approximate surface area is 63.0 Å². The van der Waals surface area contributed by atoms with Crippen molar-refractivity contribution in [2.75, 3.05) is 4.84 Å². The van der Waals surface area contributed by atoms with Gasteiger partial charge < -0.3 is 10.2 Å². The van der Waals surface area contributed by atoms with Crippen molar-refractivity contribution in [3.05, 3.63) is 18.2 Å². The molecule has 0 amide bonds. The molecule has 0 radical (unpaired) electrons. The standard InChI is InChI=1S/C6H6ClNO2/c7-8-5-3-4(9)1-2-6(5)10/h1-3,8-10H. The minimum atomic E-state index is 0.00722. The number of hydrogen-bond acceptors (Lipinski definition) is 3. The van der Waals surface area contributed by atoms with Crippen LogP contribution in [0.5, 0.6) is 11.5 Å². The molecule has 0 spiro atoms. The monoisotopic (exact) mass is 159 g/mol. The Morgan fingerprint density at radius 1 is 1.30 bits per heavy atom. The highest BCUT2D eigenvalue weighted by Crippen LogP contribution is 2.27. The van der Waals surface area contributed by atoms with Crippen LogP contribution in [0.25, 0.3) is 0 Å². The maximum absolute atomic E-state index is 8.98. The Balaban J connectivity index is 3.09. The van der Waals surface area contributed by atoms with Crippen LogP contribution in [0.2, 0.25) is 0 Å². The Bertz CT molecular complexity index is 239. The van der Waals surface area contributed by atoms with Crippen LogP contribution in [0.1, 0.15) is 0 Å². The number of nitrogens with one attached hydrogen (secondary N) is 1. The largest absolute Gasteiger partial charge is 0.508 e. The Hall–Kier alpha value is -1.09. The Morgan fingerprint density at radius 2 is 2.00 bits per heavy atom. The first kappa shape index (κ1) is 7.02. The third kappa shape index (κ3) is 1.25. The third-order valence-electron chi connectivity index (χ3n) is 1.08. The van der Waals surface area contributed by atoms with Crippen molar-refractivity contribution in [3.63, 3.8) is 0 Å². The molecule has 3 nitrogen and oxygen atoms in total. The molecule has 10 heavy (non-hydrogen) atoms. The summed E-state index contributed by atoms with van der Waals surface area (Å²) >= 11 is 5.18. The van der Waals surface area contributed by atoms with E-state index < -0.39 is 0 Å². The molecule has 3 N–H and O–H groups in total. The lowest BCUT2D eigenvalue weighted by Gasteiger charge is -2.00. The SMILES string of the molecule is Oc1ccc(O)c(NCl)c1. The summed E-state index contributed by atoms with van der Waals surface area (Å²) in [6, 6.07) is 4.04. The topological polar surface area (TPSA) is 52.5 Å². The molecule has 1 aromatic rings. The van der Waals surface area contributed by atoms with Gasteiger partial charge in [0.05, 0.1) is 5.69 Å². The molecule has 0 bridgehead atoms. The third-order valence-corrected chi connectivity index (χ3v) is 1.29. The zero-order valence-corrected chi connectivity index (χ0v) is 5.76. The first-order valence-corrected chi connectivity index (χ1v) is 3.00. The number of aromatic hydroxyl groups is 2. The molecule has 0 aliphatic rings. The smallest absolute Gasteiger partial charge is 0.140 e. The molecule has 1 rings (SSSR count). The van der Waals surface area contributed by atoms with Crippen LogP contribution >= 0.6 is 11.8 Å². The van der Waals surface area contributed by atoms with Gasteiger partial charge in [-0.1, -0.05) is 0 Å². The zero-order chi connectivity index (χ0) is 7.56. The first-order chi connectivity index (χ1) is 4.74. The van der Waals surface area contributed by atoms with E-state index in [1.165, 1.54) is 18.2 Å². The van der Waals surface area contributed by atoms with Crippen molar-refractivity contribution in [3.8, 4) is 11.5 Å². The number of phenols is 2. The van der Waals surface area contributed by atoms with Crippen LogP contribution in [0.15, 0.2) is 18.2 Å².